The van der Waals surface area contributed by atoms with Crippen molar-refractivity contribution in [2.75, 3.05) is 0 Å². The van der Waals surface area contributed by atoms with E-state index in [1.165, 1.54) is 0 Å². The number of benzene rings is 9. The predicted molar refractivity (Wildman–Crippen MR) is 192 cm³/mol. The van der Waals surface area contributed by atoms with Crippen molar-refractivity contribution in [3.05, 3.63) is 157 Å². The van der Waals surface area contributed by atoms with Crippen LogP contribution in [0.1, 0.15) is 34.3 Å². The van der Waals surface area contributed by atoms with Gasteiger partial charge < -0.3 is 4.42 Å². The average molecular weight is 596 g/mol. The summed E-state index contributed by atoms with van der Waals surface area (Å²) in [6.45, 7) is 0. The summed E-state index contributed by atoms with van der Waals surface area (Å²) < 4.78 is 231. The van der Waals surface area contributed by atoms with Gasteiger partial charge >= 0.3 is 0 Å². The minimum atomic E-state index is -0.952. The highest BCUT2D eigenvalue weighted by Gasteiger charge is 2.18. The molecule has 9 aromatic carbocycles. The van der Waals surface area contributed by atoms with Gasteiger partial charge in [-0.15, -0.1) is 0 Å². The maximum atomic E-state index is 10.0. The highest BCUT2D eigenvalue weighted by Crippen LogP contribution is 2.46. The van der Waals surface area contributed by atoms with Crippen molar-refractivity contribution in [1.29, 1.82) is 0 Å². The van der Waals surface area contributed by atoms with Gasteiger partial charge in [0.25, 0.3) is 0 Å². The van der Waals surface area contributed by atoms with Crippen LogP contribution in [0.25, 0.3) is 98.1 Å². The third-order valence-corrected chi connectivity index (χ3v) is 7.78. The largest absolute Gasteiger partial charge is 0.456 e. The lowest BCUT2D eigenvalue weighted by molar-refractivity contribution is 0.669. The van der Waals surface area contributed by atoms with E-state index in [1.807, 2.05) is 0 Å². The summed E-state index contributed by atoms with van der Waals surface area (Å²) in [4.78, 5) is 0. The van der Waals surface area contributed by atoms with Gasteiger partial charge in [0, 0.05) is 10.8 Å². The summed E-state index contributed by atoms with van der Waals surface area (Å²) in [6.07, 6.45) is 0. The molecule has 0 saturated heterocycles. The molecule has 0 bridgehead atoms. The van der Waals surface area contributed by atoms with Crippen LogP contribution in [0.4, 0.5) is 0 Å². The fraction of sp³-hybridized carbons (Fsp3) is 0. The molecule has 1 aromatic heterocycles. The molecule has 0 atom stereocenters. The molecule has 1 heteroatoms. The van der Waals surface area contributed by atoms with Crippen LogP contribution in [-0.2, 0) is 0 Å². The Morgan fingerprint density at radius 3 is 1.38 bits per heavy atom. The summed E-state index contributed by atoms with van der Waals surface area (Å²) in [7, 11) is 0. The van der Waals surface area contributed by atoms with Gasteiger partial charge in [-0.05, 0) is 100 Å². The van der Waals surface area contributed by atoms with Crippen LogP contribution in [-0.4, -0.2) is 0 Å². The smallest absolute Gasteiger partial charge is 0.136 e. The topological polar surface area (TPSA) is 13.1 Å². The molecule has 0 radical (unpaired) electrons. The lowest BCUT2D eigenvalue weighted by Crippen LogP contribution is -1.91. The lowest BCUT2D eigenvalue weighted by atomic mass is 9.85. The van der Waals surface area contributed by atoms with E-state index < -0.39 is 228 Å². The van der Waals surface area contributed by atoms with Gasteiger partial charge in [0.15, 0.2) is 0 Å². The van der Waals surface area contributed by atoms with Crippen LogP contribution in [0.3, 0.4) is 0 Å². The number of fused-ring (bicyclic) bond motifs is 11. The first-order valence-electron chi connectivity index (χ1n) is 26.0. The van der Waals surface area contributed by atoms with E-state index >= 15 is 0 Å². The Kier molecular flexibility index (Phi) is 2.19. The van der Waals surface area contributed by atoms with E-state index in [2.05, 4.69) is 0 Å². The van der Waals surface area contributed by atoms with Crippen LogP contribution in [0.5, 0.6) is 0 Å². The summed E-state index contributed by atoms with van der Waals surface area (Å²) in [5, 5.41) is -5.73. The Morgan fingerprint density at radius 2 is 0.733 bits per heavy atom. The maximum Gasteiger partial charge on any atom is 0.136 e. The first-order valence-corrected chi connectivity index (χ1v) is 13.5. The predicted octanol–water partition coefficient (Wildman–Crippen LogP) is 12.7. The van der Waals surface area contributed by atoms with E-state index in [1.54, 1.807) is 0 Å². The second kappa shape index (κ2) is 9.29. The molecule has 1 nitrogen and oxygen atoms in total. The molecule has 208 valence electrons. The van der Waals surface area contributed by atoms with Crippen molar-refractivity contribution in [3.8, 4) is 22.3 Å². The zero-order valence-electron chi connectivity index (χ0n) is 47.5. The molecule has 10 aromatic rings. The molecule has 0 spiro atoms. The first kappa shape index (κ1) is 10.6. The molecular weight excluding hydrogens is 544 g/mol. The van der Waals surface area contributed by atoms with Crippen molar-refractivity contribution >= 4 is 75.8 Å². The third-order valence-electron chi connectivity index (χ3n) is 7.78. The zero-order valence-corrected chi connectivity index (χ0v) is 22.5. The number of hydrogen-bond donors (Lipinski definition) is 0. The van der Waals surface area contributed by atoms with E-state index in [9.17, 15) is 13.7 Å². The number of furan rings is 1. The second-order valence-corrected chi connectivity index (χ2v) is 10.1. The highest BCUT2D eigenvalue weighted by molar-refractivity contribution is 6.27. The van der Waals surface area contributed by atoms with Crippen LogP contribution in [0, 0.1) is 0 Å². The van der Waals surface area contributed by atoms with E-state index in [0.29, 0.717) is 0 Å². The Balaban J connectivity index is 1.54. The van der Waals surface area contributed by atoms with Gasteiger partial charge in [-0.25, -0.2) is 0 Å². The molecule has 0 saturated carbocycles. The van der Waals surface area contributed by atoms with Gasteiger partial charge in [-0.2, -0.15) is 0 Å². The molecule has 0 aliphatic heterocycles. The van der Waals surface area contributed by atoms with Gasteiger partial charge in [-0.3, -0.25) is 0 Å². The molecular formula is C44H26O. The molecule has 0 amide bonds. The summed E-state index contributed by atoms with van der Waals surface area (Å²) in [5.74, 6) is 0. The molecule has 10 rings (SSSR count). The lowest BCUT2D eigenvalue weighted by Gasteiger charge is -2.18. The standard InChI is InChI=1S/C44H26O/c1-2-13-31-29(11-1)30-12-3-4-14-32(30)40-25-27(21-23-33(31)40)43-36-16-5-7-18-38(36)44(39-19-8-6-17-37(39)43)28-22-24-35-34-15-9-10-20-41(34)45-42(35)26-28/h1-26H/i1D,2D,3D,4D,5D,6D,7D,8D,9D,10D,11D,12D,14D,15D,16D,17D,18D,19D,20D,21D,22D,23D,24D,25D,26D. The molecule has 45 heavy (non-hydrogen) atoms. The van der Waals surface area contributed by atoms with Gasteiger partial charge in [0.1, 0.15) is 11.2 Å². The number of para-hydroxylation sites is 1. The van der Waals surface area contributed by atoms with Crippen molar-refractivity contribution < 1.29 is 38.7 Å². The van der Waals surface area contributed by atoms with Crippen molar-refractivity contribution in [3.63, 3.8) is 0 Å². The van der Waals surface area contributed by atoms with Gasteiger partial charge in [-0.1, -0.05) is 133 Å². The number of hydrogen-bond acceptors (Lipinski definition) is 1. The van der Waals surface area contributed by atoms with Crippen molar-refractivity contribution in [2.24, 2.45) is 0 Å². The van der Waals surface area contributed by atoms with Crippen LogP contribution in [0.15, 0.2) is 162 Å². The normalized spacial score (nSPS) is 19.8. The van der Waals surface area contributed by atoms with Gasteiger partial charge in [0.05, 0.1) is 34.3 Å². The van der Waals surface area contributed by atoms with E-state index in [4.69, 9.17) is 25.0 Å². The second-order valence-electron chi connectivity index (χ2n) is 10.1. The van der Waals surface area contributed by atoms with Crippen LogP contribution < -0.4 is 0 Å². The molecule has 0 fully saturated rings. The Hall–Kier alpha value is -5.92. The fourth-order valence-electron chi connectivity index (χ4n) is 5.90. The van der Waals surface area contributed by atoms with Crippen molar-refractivity contribution in [2.45, 2.75) is 0 Å². The SMILES string of the molecule is [2H]c1cc2c(c([2H])c1[2H])c1c([2H])c([2H])c([2H])c([2H])c1c1c([2H])c(-c3c4c([2H])c([2H])c([2H])c([2H])c4c(-c4c([2H])c([2H])c5c(oc6c([2H])c([2H])c([2H])c([2H])c65)c4[2H])c4c([2H])c([2H])c([2H])c([2H])c34)c([2H])c([2H])c21. The maximum absolute atomic E-state index is 10.0. The van der Waals surface area contributed by atoms with Gasteiger partial charge in [0.2, 0.25) is 0 Å². The first-order chi connectivity index (χ1) is 32.7. The van der Waals surface area contributed by atoms with E-state index in [0.717, 1.165) is 6.07 Å². The molecule has 0 unspecified atom stereocenters. The molecule has 1 heterocycles. The average Bonchev–Trinajstić information content (AvgIpc) is 3.74. The Labute approximate surface area is 294 Å². The molecule has 0 N–H and O–H groups in total. The summed E-state index contributed by atoms with van der Waals surface area (Å²) in [6, 6.07) is -19.5. The fourth-order valence-corrected chi connectivity index (χ4v) is 5.90. The third kappa shape index (κ3) is 3.50. The number of rotatable bonds is 2. The molecule has 0 aliphatic rings. The van der Waals surface area contributed by atoms with Crippen LogP contribution >= 0.6 is 0 Å². The zero-order chi connectivity index (χ0) is 51.2. The Morgan fingerprint density at radius 1 is 0.311 bits per heavy atom. The summed E-state index contributed by atoms with van der Waals surface area (Å²) in [5.41, 5.74) is -3.86. The minimum Gasteiger partial charge on any atom is -0.456 e. The van der Waals surface area contributed by atoms with Crippen LogP contribution in [0.2, 0.25) is 0 Å². The highest BCUT2D eigenvalue weighted by atomic mass is 16.3. The van der Waals surface area contributed by atoms with E-state index in [-0.39, 0.29) is 21.5 Å². The quantitative estimate of drug-likeness (QED) is 0.143. The monoisotopic (exact) mass is 595 g/mol. The van der Waals surface area contributed by atoms with Crippen molar-refractivity contribution in [1.82, 2.24) is 0 Å². The minimum absolute atomic E-state index is 0.225. The molecule has 0 aliphatic carbocycles. The summed E-state index contributed by atoms with van der Waals surface area (Å²) >= 11 is 0. The Bertz CT molecular complexity index is 4150.